The van der Waals surface area contributed by atoms with E-state index in [4.69, 9.17) is 4.74 Å². The first-order valence-corrected chi connectivity index (χ1v) is 9.50. The second kappa shape index (κ2) is 9.50. The van der Waals surface area contributed by atoms with E-state index in [2.05, 4.69) is 43.4 Å². The molecule has 1 heterocycles. The van der Waals surface area contributed by atoms with E-state index in [1.54, 1.807) is 0 Å². The van der Waals surface area contributed by atoms with Crippen LogP contribution >= 0.6 is 11.8 Å². The van der Waals surface area contributed by atoms with Crippen LogP contribution in [-0.4, -0.2) is 30.8 Å². The van der Waals surface area contributed by atoms with Crippen LogP contribution in [0.2, 0.25) is 0 Å². The molecule has 118 valence electrons. The van der Waals surface area contributed by atoms with E-state index in [-0.39, 0.29) is 0 Å². The Morgan fingerprint density at radius 3 is 2.71 bits per heavy atom. The van der Waals surface area contributed by atoms with Gasteiger partial charge in [0.1, 0.15) is 0 Å². The maximum atomic E-state index is 5.70. The molecule has 1 saturated heterocycles. The predicted octanol–water partition coefficient (Wildman–Crippen LogP) is 4.20. The molecule has 1 aromatic carbocycles. The van der Waals surface area contributed by atoms with E-state index in [9.17, 15) is 0 Å². The van der Waals surface area contributed by atoms with Crippen LogP contribution in [0.3, 0.4) is 0 Å². The van der Waals surface area contributed by atoms with E-state index in [0.29, 0.717) is 12.1 Å². The van der Waals surface area contributed by atoms with Gasteiger partial charge < -0.3 is 10.1 Å². The van der Waals surface area contributed by atoms with Gasteiger partial charge in [-0.2, -0.15) is 11.8 Å². The number of nitrogens with one attached hydrogen (secondary N) is 1. The highest BCUT2D eigenvalue weighted by molar-refractivity contribution is 7.99. The highest BCUT2D eigenvalue weighted by Gasteiger charge is 2.17. The molecule has 0 radical (unpaired) electrons. The number of thioether (sulfide) groups is 1. The Morgan fingerprint density at radius 1 is 1.29 bits per heavy atom. The molecule has 1 aliphatic rings. The summed E-state index contributed by atoms with van der Waals surface area (Å²) < 4.78 is 5.70. The average Bonchev–Trinajstić information content (AvgIpc) is 3.01. The molecule has 1 aliphatic heterocycles. The van der Waals surface area contributed by atoms with E-state index in [1.165, 1.54) is 36.8 Å². The van der Waals surface area contributed by atoms with Crippen molar-refractivity contribution in [2.24, 2.45) is 0 Å². The van der Waals surface area contributed by atoms with Crippen molar-refractivity contribution in [3.63, 3.8) is 0 Å². The van der Waals surface area contributed by atoms with Crippen LogP contribution in [0, 0.1) is 0 Å². The Morgan fingerprint density at radius 2 is 2.10 bits per heavy atom. The Balaban J connectivity index is 1.84. The molecule has 0 aromatic heterocycles. The summed E-state index contributed by atoms with van der Waals surface area (Å²) in [5.74, 6) is 2.26. The summed E-state index contributed by atoms with van der Waals surface area (Å²) in [5, 5.41) is 3.61. The maximum Gasteiger partial charge on any atom is 0.0666 e. The minimum Gasteiger partial charge on any atom is -0.377 e. The van der Waals surface area contributed by atoms with Crippen molar-refractivity contribution >= 4 is 11.8 Å². The lowest BCUT2D eigenvalue weighted by molar-refractivity contribution is 0.129. The molecular formula is C18H29NOS. The molecule has 0 bridgehead atoms. The molecule has 2 unspecified atom stereocenters. The van der Waals surface area contributed by atoms with Crippen LogP contribution in [0.15, 0.2) is 24.3 Å². The van der Waals surface area contributed by atoms with Crippen molar-refractivity contribution in [3.8, 4) is 0 Å². The monoisotopic (exact) mass is 307 g/mol. The summed E-state index contributed by atoms with van der Waals surface area (Å²) >= 11 is 2.02. The molecule has 21 heavy (non-hydrogen) atoms. The summed E-state index contributed by atoms with van der Waals surface area (Å²) in [6.07, 6.45) is 5.36. The fourth-order valence-electron chi connectivity index (χ4n) is 2.82. The molecule has 2 rings (SSSR count). The van der Waals surface area contributed by atoms with Gasteiger partial charge in [-0.15, -0.1) is 0 Å². The topological polar surface area (TPSA) is 21.3 Å². The van der Waals surface area contributed by atoms with Gasteiger partial charge in [-0.3, -0.25) is 0 Å². The molecule has 2 nitrogen and oxygen atoms in total. The summed E-state index contributed by atoms with van der Waals surface area (Å²) in [6, 6.07) is 9.62. The third-order valence-corrected chi connectivity index (χ3v) is 5.16. The minimum absolute atomic E-state index is 0.456. The SMILES string of the molecule is CCCc1ccc(C(CSCC2CCCO2)NCC)cc1. The zero-order valence-corrected chi connectivity index (χ0v) is 14.3. The molecule has 1 N–H and O–H groups in total. The number of rotatable bonds is 9. The molecule has 0 aliphatic carbocycles. The number of benzene rings is 1. The summed E-state index contributed by atoms with van der Waals surface area (Å²) in [4.78, 5) is 0. The van der Waals surface area contributed by atoms with Gasteiger partial charge in [0.15, 0.2) is 0 Å². The first-order chi connectivity index (χ1) is 10.3. The molecule has 3 heteroatoms. The molecule has 0 spiro atoms. The fourth-order valence-corrected chi connectivity index (χ4v) is 4.03. The lowest BCUT2D eigenvalue weighted by Crippen LogP contribution is -2.23. The summed E-state index contributed by atoms with van der Waals surface area (Å²) in [6.45, 7) is 6.39. The van der Waals surface area contributed by atoms with Crippen molar-refractivity contribution in [3.05, 3.63) is 35.4 Å². The van der Waals surface area contributed by atoms with Crippen molar-refractivity contribution in [2.75, 3.05) is 24.7 Å². The number of aryl methyl sites for hydroxylation is 1. The van der Waals surface area contributed by atoms with Gasteiger partial charge in [-0.1, -0.05) is 44.5 Å². The van der Waals surface area contributed by atoms with Crippen molar-refractivity contribution in [2.45, 2.75) is 51.7 Å². The lowest BCUT2D eigenvalue weighted by atomic mass is 10.0. The predicted molar refractivity (Wildman–Crippen MR) is 93.2 cm³/mol. The third kappa shape index (κ3) is 5.65. The zero-order valence-electron chi connectivity index (χ0n) is 13.4. The number of ether oxygens (including phenoxy) is 1. The summed E-state index contributed by atoms with van der Waals surface area (Å²) in [5.41, 5.74) is 2.86. The summed E-state index contributed by atoms with van der Waals surface area (Å²) in [7, 11) is 0. The van der Waals surface area contributed by atoms with E-state index < -0.39 is 0 Å². The lowest BCUT2D eigenvalue weighted by Gasteiger charge is -2.19. The second-order valence-corrected chi connectivity index (χ2v) is 6.85. The molecule has 0 saturated carbocycles. The van der Waals surface area contributed by atoms with Crippen molar-refractivity contribution < 1.29 is 4.74 Å². The molecule has 1 fully saturated rings. The molecule has 1 aromatic rings. The first kappa shape index (κ1) is 16.9. The minimum atomic E-state index is 0.456. The molecular weight excluding hydrogens is 278 g/mol. The quantitative estimate of drug-likeness (QED) is 0.738. The van der Waals surface area contributed by atoms with Gasteiger partial charge in [0, 0.05) is 24.2 Å². The molecule has 0 amide bonds. The van der Waals surface area contributed by atoms with Crippen LogP contribution in [0.5, 0.6) is 0 Å². The van der Waals surface area contributed by atoms with Crippen LogP contribution in [-0.2, 0) is 11.2 Å². The third-order valence-electron chi connectivity index (χ3n) is 3.98. The van der Waals surface area contributed by atoms with Gasteiger partial charge in [-0.25, -0.2) is 0 Å². The van der Waals surface area contributed by atoms with Gasteiger partial charge in [0.25, 0.3) is 0 Å². The fraction of sp³-hybridized carbons (Fsp3) is 0.667. The van der Waals surface area contributed by atoms with Crippen LogP contribution in [0.25, 0.3) is 0 Å². The van der Waals surface area contributed by atoms with Crippen LogP contribution in [0.4, 0.5) is 0 Å². The van der Waals surface area contributed by atoms with Crippen LogP contribution in [0.1, 0.15) is 50.3 Å². The standard InChI is InChI=1S/C18H29NOS/c1-3-6-15-8-10-16(11-9-15)18(19-4-2)14-21-13-17-7-5-12-20-17/h8-11,17-19H,3-7,12-14H2,1-2H3. The Hall–Kier alpha value is -0.510. The second-order valence-electron chi connectivity index (χ2n) is 5.77. The smallest absolute Gasteiger partial charge is 0.0666 e. The number of hydrogen-bond acceptors (Lipinski definition) is 3. The van der Waals surface area contributed by atoms with E-state index in [1.807, 2.05) is 11.8 Å². The van der Waals surface area contributed by atoms with E-state index in [0.717, 1.165) is 24.7 Å². The first-order valence-electron chi connectivity index (χ1n) is 8.35. The highest BCUT2D eigenvalue weighted by atomic mass is 32.2. The van der Waals surface area contributed by atoms with Gasteiger partial charge in [-0.05, 0) is 36.9 Å². The normalized spacial score (nSPS) is 19.8. The van der Waals surface area contributed by atoms with Crippen molar-refractivity contribution in [1.82, 2.24) is 5.32 Å². The largest absolute Gasteiger partial charge is 0.377 e. The van der Waals surface area contributed by atoms with Crippen molar-refractivity contribution in [1.29, 1.82) is 0 Å². The van der Waals surface area contributed by atoms with Gasteiger partial charge in [0.05, 0.1) is 6.10 Å². The van der Waals surface area contributed by atoms with Crippen LogP contribution < -0.4 is 5.32 Å². The Bertz CT molecular complexity index is 387. The maximum absolute atomic E-state index is 5.70. The van der Waals surface area contributed by atoms with Gasteiger partial charge >= 0.3 is 0 Å². The Labute approximate surface area is 134 Å². The highest BCUT2D eigenvalue weighted by Crippen LogP contribution is 2.23. The van der Waals surface area contributed by atoms with Gasteiger partial charge in [0.2, 0.25) is 0 Å². The molecule has 2 atom stereocenters. The number of hydrogen-bond donors (Lipinski definition) is 1. The van der Waals surface area contributed by atoms with E-state index >= 15 is 0 Å². The average molecular weight is 308 g/mol. The zero-order chi connectivity index (χ0) is 14.9. The Kier molecular flexibility index (Phi) is 7.62.